The molecular formula is C14H20N2O. The van der Waals surface area contributed by atoms with E-state index in [9.17, 15) is 4.79 Å². The Morgan fingerprint density at radius 1 is 1.35 bits per heavy atom. The van der Waals surface area contributed by atoms with Gasteiger partial charge in [0.25, 0.3) is 0 Å². The van der Waals surface area contributed by atoms with Crippen LogP contribution in [0, 0.1) is 0 Å². The number of ketones is 1. The van der Waals surface area contributed by atoms with Crippen molar-refractivity contribution in [1.29, 1.82) is 0 Å². The van der Waals surface area contributed by atoms with Crippen LogP contribution in [0.25, 0.3) is 0 Å². The number of aromatic nitrogens is 1. The van der Waals surface area contributed by atoms with Crippen LogP contribution in [0.3, 0.4) is 0 Å². The van der Waals surface area contributed by atoms with Crippen LogP contribution >= 0.6 is 0 Å². The molecule has 0 aliphatic carbocycles. The maximum atomic E-state index is 11.9. The van der Waals surface area contributed by atoms with Gasteiger partial charge < -0.3 is 4.90 Å². The van der Waals surface area contributed by atoms with Gasteiger partial charge in [0.1, 0.15) is 5.69 Å². The zero-order valence-electron chi connectivity index (χ0n) is 11.2. The molecule has 0 atom stereocenters. The fourth-order valence-electron chi connectivity index (χ4n) is 1.33. The molecule has 1 aromatic heterocycles. The normalized spacial score (nSPS) is 11.8. The Hall–Kier alpha value is -1.64. The summed E-state index contributed by atoms with van der Waals surface area (Å²) in [6, 6.07) is 3.81. The first-order chi connectivity index (χ1) is 7.80. The van der Waals surface area contributed by atoms with Crippen LogP contribution in [-0.2, 0) is 5.41 Å². The Kier molecular flexibility index (Phi) is 4.05. The summed E-state index contributed by atoms with van der Waals surface area (Å²) >= 11 is 0. The Labute approximate surface area is 103 Å². The Bertz CT molecular complexity index is 428. The summed E-state index contributed by atoms with van der Waals surface area (Å²) in [5.74, 6) is -0.0650. The number of carbonyl (C=O) groups is 1. The molecular weight excluding hydrogens is 212 g/mol. The van der Waals surface area contributed by atoms with Crippen LogP contribution in [0.5, 0.6) is 0 Å². The smallest absolute Gasteiger partial charge is 0.205 e. The van der Waals surface area contributed by atoms with Gasteiger partial charge in [-0.15, -0.1) is 0 Å². The van der Waals surface area contributed by atoms with Crippen molar-refractivity contribution >= 4 is 5.78 Å². The molecule has 17 heavy (non-hydrogen) atoms. The van der Waals surface area contributed by atoms with Crippen molar-refractivity contribution in [2.24, 2.45) is 0 Å². The second-order valence-electron chi connectivity index (χ2n) is 5.32. The van der Waals surface area contributed by atoms with Gasteiger partial charge in [0, 0.05) is 32.6 Å². The molecule has 0 N–H and O–H groups in total. The van der Waals surface area contributed by atoms with Crippen LogP contribution in [-0.4, -0.2) is 29.8 Å². The van der Waals surface area contributed by atoms with Crippen LogP contribution in [0.1, 0.15) is 36.8 Å². The standard InChI is InChI=1S/C14H20N2O/c1-14(2,3)11-6-8-15-12(10-11)13(17)7-9-16(4)5/h6-10H,1-5H3/b9-7+. The summed E-state index contributed by atoms with van der Waals surface area (Å²) in [5.41, 5.74) is 1.65. The number of carbonyl (C=O) groups excluding carboxylic acids is 1. The lowest BCUT2D eigenvalue weighted by Crippen LogP contribution is -2.13. The highest BCUT2D eigenvalue weighted by Gasteiger charge is 2.15. The minimum atomic E-state index is -0.0650. The minimum Gasteiger partial charge on any atom is -0.383 e. The van der Waals surface area contributed by atoms with E-state index in [-0.39, 0.29) is 11.2 Å². The average molecular weight is 232 g/mol. The largest absolute Gasteiger partial charge is 0.383 e. The highest BCUT2D eigenvalue weighted by atomic mass is 16.1. The first-order valence-corrected chi connectivity index (χ1v) is 5.66. The van der Waals surface area contributed by atoms with Crippen molar-refractivity contribution in [3.05, 3.63) is 41.9 Å². The van der Waals surface area contributed by atoms with Crippen LogP contribution in [0.15, 0.2) is 30.6 Å². The Morgan fingerprint density at radius 2 is 2.00 bits per heavy atom. The van der Waals surface area contributed by atoms with Gasteiger partial charge >= 0.3 is 0 Å². The second kappa shape index (κ2) is 5.13. The van der Waals surface area contributed by atoms with E-state index in [2.05, 4.69) is 25.8 Å². The van der Waals surface area contributed by atoms with Crippen molar-refractivity contribution < 1.29 is 4.79 Å². The number of rotatable bonds is 3. The molecule has 1 heterocycles. The molecule has 0 amide bonds. The lowest BCUT2D eigenvalue weighted by Gasteiger charge is -2.18. The molecule has 1 aromatic rings. The van der Waals surface area contributed by atoms with Crippen molar-refractivity contribution in [2.45, 2.75) is 26.2 Å². The first kappa shape index (κ1) is 13.4. The minimum absolute atomic E-state index is 0.0310. The van der Waals surface area contributed by atoms with Gasteiger partial charge in [0.15, 0.2) is 0 Å². The van der Waals surface area contributed by atoms with Gasteiger partial charge in [0.05, 0.1) is 0 Å². The zero-order valence-corrected chi connectivity index (χ0v) is 11.2. The van der Waals surface area contributed by atoms with Crippen LogP contribution in [0.4, 0.5) is 0 Å². The van der Waals surface area contributed by atoms with Crippen molar-refractivity contribution in [3.63, 3.8) is 0 Å². The first-order valence-electron chi connectivity index (χ1n) is 5.66. The highest BCUT2D eigenvalue weighted by Crippen LogP contribution is 2.22. The van der Waals surface area contributed by atoms with Crippen LogP contribution < -0.4 is 0 Å². The van der Waals surface area contributed by atoms with E-state index < -0.39 is 0 Å². The van der Waals surface area contributed by atoms with Gasteiger partial charge in [-0.1, -0.05) is 20.8 Å². The average Bonchev–Trinajstić information content (AvgIpc) is 2.25. The predicted octanol–water partition coefficient (Wildman–Crippen LogP) is 2.64. The Balaban J connectivity index is 2.96. The fraction of sp³-hybridized carbons (Fsp3) is 0.429. The molecule has 0 unspecified atom stereocenters. The molecule has 3 heteroatoms. The number of nitrogens with zero attached hydrogens (tertiary/aromatic N) is 2. The second-order valence-corrected chi connectivity index (χ2v) is 5.32. The molecule has 0 radical (unpaired) electrons. The van der Waals surface area contributed by atoms with Gasteiger partial charge in [-0.25, -0.2) is 0 Å². The topological polar surface area (TPSA) is 33.2 Å². The summed E-state index contributed by atoms with van der Waals surface area (Å²) in [5, 5.41) is 0. The molecule has 92 valence electrons. The molecule has 0 bridgehead atoms. The van der Waals surface area contributed by atoms with E-state index in [4.69, 9.17) is 0 Å². The van der Waals surface area contributed by atoms with E-state index in [1.54, 1.807) is 12.4 Å². The van der Waals surface area contributed by atoms with Gasteiger partial charge in [0.2, 0.25) is 5.78 Å². The van der Waals surface area contributed by atoms with Crippen LogP contribution in [0.2, 0.25) is 0 Å². The summed E-state index contributed by atoms with van der Waals surface area (Å²) in [6.07, 6.45) is 4.96. The van der Waals surface area contributed by atoms with Gasteiger partial charge in [-0.3, -0.25) is 9.78 Å². The quantitative estimate of drug-likeness (QED) is 0.593. The van der Waals surface area contributed by atoms with E-state index in [1.165, 1.54) is 6.08 Å². The number of hydrogen-bond donors (Lipinski definition) is 0. The molecule has 0 saturated heterocycles. The van der Waals surface area contributed by atoms with E-state index in [0.29, 0.717) is 5.69 Å². The third kappa shape index (κ3) is 4.02. The maximum absolute atomic E-state index is 11.9. The molecule has 0 aromatic carbocycles. The van der Waals surface area contributed by atoms with E-state index in [0.717, 1.165) is 5.56 Å². The summed E-state index contributed by atoms with van der Waals surface area (Å²) in [7, 11) is 3.76. The van der Waals surface area contributed by atoms with Gasteiger partial charge in [-0.2, -0.15) is 0 Å². The SMILES string of the molecule is CN(C)/C=C/C(=O)c1cc(C(C)(C)C)ccn1. The third-order valence-electron chi connectivity index (χ3n) is 2.40. The highest BCUT2D eigenvalue weighted by molar-refractivity contribution is 6.03. The van der Waals surface area contributed by atoms with E-state index >= 15 is 0 Å². The maximum Gasteiger partial charge on any atom is 0.205 e. The van der Waals surface area contributed by atoms with Crippen molar-refractivity contribution in [3.8, 4) is 0 Å². The number of pyridine rings is 1. The lowest BCUT2D eigenvalue weighted by molar-refractivity contribution is 0.104. The predicted molar refractivity (Wildman–Crippen MR) is 70.1 cm³/mol. The third-order valence-corrected chi connectivity index (χ3v) is 2.40. The molecule has 1 rings (SSSR count). The van der Waals surface area contributed by atoms with E-state index in [1.807, 2.05) is 31.1 Å². The molecule has 0 saturated carbocycles. The molecule has 0 aliphatic rings. The molecule has 3 nitrogen and oxygen atoms in total. The van der Waals surface area contributed by atoms with Gasteiger partial charge in [-0.05, 0) is 23.1 Å². The fourth-order valence-corrected chi connectivity index (χ4v) is 1.33. The molecule has 0 fully saturated rings. The number of allylic oxidation sites excluding steroid dienone is 1. The Morgan fingerprint density at radius 3 is 2.53 bits per heavy atom. The zero-order chi connectivity index (χ0) is 13.1. The molecule has 0 aliphatic heterocycles. The van der Waals surface area contributed by atoms with Crippen molar-refractivity contribution in [1.82, 2.24) is 9.88 Å². The monoisotopic (exact) mass is 232 g/mol. The summed E-state index contributed by atoms with van der Waals surface area (Å²) < 4.78 is 0. The van der Waals surface area contributed by atoms with Crippen molar-refractivity contribution in [2.75, 3.05) is 14.1 Å². The summed E-state index contributed by atoms with van der Waals surface area (Å²) in [4.78, 5) is 17.8. The lowest BCUT2D eigenvalue weighted by atomic mass is 9.87. The molecule has 0 spiro atoms. The number of hydrogen-bond acceptors (Lipinski definition) is 3. The summed E-state index contributed by atoms with van der Waals surface area (Å²) in [6.45, 7) is 6.35.